The van der Waals surface area contributed by atoms with Gasteiger partial charge in [0.25, 0.3) is 11.7 Å². The van der Waals surface area contributed by atoms with Crippen molar-refractivity contribution in [1.82, 2.24) is 9.80 Å². The molecule has 1 unspecified atom stereocenters. The number of aliphatic hydroxyl groups excluding tert-OH is 1. The molecule has 1 aliphatic heterocycles. The zero-order chi connectivity index (χ0) is 25.4. The van der Waals surface area contributed by atoms with E-state index in [0.29, 0.717) is 37.6 Å². The number of nitrogens with zero attached hydrogens (tertiary/aromatic N) is 2. The second-order valence-electron chi connectivity index (χ2n) is 8.40. The van der Waals surface area contributed by atoms with Crippen LogP contribution >= 0.6 is 0 Å². The van der Waals surface area contributed by atoms with Crippen LogP contribution in [0.15, 0.2) is 54.1 Å². The van der Waals surface area contributed by atoms with Crippen molar-refractivity contribution in [3.63, 3.8) is 0 Å². The lowest BCUT2D eigenvalue weighted by atomic mass is 9.95. The van der Waals surface area contributed by atoms with Crippen LogP contribution in [0, 0.1) is 0 Å². The zero-order valence-electron chi connectivity index (χ0n) is 21.1. The lowest BCUT2D eigenvalue weighted by Gasteiger charge is -2.28. The van der Waals surface area contributed by atoms with Crippen molar-refractivity contribution >= 4 is 17.4 Å². The van der Waals surface area contributed by atoms with Crippen LogP contribution in [0.4, 0.5) is 0 Å². The quantitative estimate of drug-likeness (QED) is 0.271. The summed E-state index contributed by atoms with van der Waals surface area (Å²) in [6.07, 6.45) is 0.897. The van der Waals surface area contributed by atoms with Crippen LogP contribution in [0.5, 0.6) is 11.5 Å². The van der Waals surface area contributed by atoms with E-state index in [-0.39, 0.29) is 11.3 Å². The molecule has 1 amide bonds. The van der Waals surface area contributed by atoms with Gasteiger partial charge in [0, 0.05) is 18.7 Å². The average Bonchev–Trinajstić information content (AvgIpc) is 3.13. The number of hydrogen-bond acceptors (Lipinski definition) is 6. The third-order valence-electron chi connectivity index (χ3n) is 6.18. The highest BCUT2D eigenvalue weighted by molar-refractivity contribution is 6.46. The molecule has 1 atom stereocenters. The lowest BCUT2D eigenvalue weighted by Crippen LogP contribution is -2.38. The molecule has 0 spiro atoms. The molecule has 0 radical (unpaired) electrons. The average molecular weight is 481 g/mol. The lowest BCUT2D eigenvalue weighted by molar-refractivity contribution is -0.140. The van der Waals surface area contributed by atoms with Crippen LogP contribution in [0.1, 0.15) is 51.3 Å². The summed E-state index contributed by atoms with van der Waals surface area (Å²) in [6.45, 7) is 11.8. The number of ether oxygens (including phenoxy) is 2. The first-order valence-electron chi connectivity index (χ1n) is 12.4. The number of ketones is 1. The molecule has 0 saturated carbocycles. The van der Waals surface area contributed by atoms with Gasteiger partial charge in [0.2, 0.25) is 0 Å². The molecule has 2 aromatic carbocycles. The summed E-state index contributed by atoms with van der Waals surface area (Å²) in [7, 11) is 0. The normalized spacial score (nSPS) is 17.3. The minimum atomic E-state index is -0.693. The Bertz CT molecular complexity index is 1040. The van der Waals surface area contributed by atoms with Crippen molar-refractivity contribution in [2.24, 2.45) is 0 Å². The summed E-state index contributed by atoms with van der Waals surface area (Å²) < 4.78 is 11.3. The Labute approximate surface area is 207 Å². The molecule has 1 heterocycles. The fourth-order valence-corrected chi connectivity index (χ4v) is 4.27. The molecule has 7 heteroatoms. The first kappa shape index (κ1) is 26.3. The van der Waals surface area contributed by atoms with Gasteiger partial charge >= 0.3 is 0 Å². The van der Waals surface area contributed by atoms with E-state index in [0.717, 1.165) is 30.8 Å². The molecular weight excluding hydrogens is 444 g/mol. The van der Waals surface area contributed by atoms with E-state index in [1.165, 1.54) is 0 Å². The van der Waals surface area contributed by atoms with E-state index in [1.54, 1.807) is 29.2 Å². The van der Waals surface area contributed by atoms with Crippen molar-refractivity contribution in [3.8, 4) is 11.5 Å². The maximum absolute atomic E-state index is 13.2. The predicted molar refractivity (Wildman–Crippen MR) is 137 cm³/mol. The fraction of sp³-hybridized carbons (Fsp3) is 0.429. The first-order valence-corrected chi connectivity index (χ1v) is 12.4. The van der Waals surface area contributed by atoms with Gasteiger partial charge in [0.15, 0.2) is 0 Å². The summed E-state index contributed by atoms with van der Waals surface area (Å²) in [4.78, 5) is 30.2. The van der Waals surface area contributed by atoms with Crippen LogP contribution in [-0.4, -0.2) is 66.0 Å². The minimum absolute atomic E-state index is 0.0884. The van der Waals surface area contributed by atoms with Gasteiger partial charge in [-0.05, 0) is 56.3 Å². The zero-order valence-corrected chi connectivity index (χ0v) is 21.1. The second kappa shape index (κ2) is 12.4. The largest absolute Gasteiger partial charge is 0.507 e. The number of amides is 1. The monoisotopic (exact) mass is 480 g/mol. The van der Waals surface area contributed by atoms with E-state index < -0.39 is 17.7 Å². The Morgan fingerprint density at radius 2 is 1.69 bits per heavy atom. The summed E-state index contributed by atoms with van der Waals surface area (Å²) in [6, 6.07) is 13.6. The van der Waals surface area contributed by atoms with Gasteiger partial charge in [0.05, 0.1) is 24.8 Å². The van der Waals surface area contributed by atoms with Gasteiger partial charge in [-0.25, -0.2) is 0 Å². The highest BCUT2D eigenvalue weighted by atomic mass is 16.5. The topological polar surface area (TPSA) is 79.3 Å². The van der Waals surface area contributed by atoms with Crippen molar-refractivity contribution in [1.29, 1.82) is 0 Å². The van der Waals surface area contributed by atoms with Gasteiger partial charge in [-0.2, -0.15) is 0 Å². The van der Waals surface area contributed by atoms with E-state index in [2.05, 4.69) is 18.7 Å². The molecule has 7 nitrogen and oxygen atoms in total. The number of aliphatic hydroxyl groups is 1. The Kier molecular flexibility index (Phi) is 9.32. The van der Waals surface area contributed by atoms with Gasteiger partial charge in [0.1, 0.15) is 17.3 Å². The van der Waals surface area contributed by atoms with Crippen molar-refractivity contribution < 1.29 is 24.2 Å². The highest BCUT2D eigenvalue weighted by Crippen LogP contribution is 2.40. The number of likely N-dealkylation sites (N-methyl/N-ethyl adjacent to an activating group) is 1. The Morgan fingerprint density at radius 3 is 2.31 bits per heavy atom. The molecule has 188 valence electrons. The molecule has 1 aliphatic rings. The number of Topliss-reactive ketones (excluding diaryl/α,β-unsaturated/α-hetero) is 1. The maximum Gasteiger partial charge on any atom is 0.295 e. The highest BCUT2D eigenvalue weighted by Gasteiger charge is 2.46. The minimum Gasteiger partial charge on any atom is -0.507 e. The van der Waals surface area contributed by atoms with Crippen LogP contribution < -0.4 is 9.47 Å². The van der Waals surface area contributed by atoms with E-state index >= 15 is 0 Å². The molecule has 0 aromatic heterocycles. The van der Waals surface area contributed by atoms with Gasteiger partial charge < -0.3 is 24.4 Å². The second-order valence-corrected chi connectivity index (χ2v) is 8.40. The third kappa shape index (κ3) is 6.03. The number of carbonyl (C=O) groups excluding carboxylic acids is 2. The molecule has 1 saturated heterocycles. The Morgan fingerprint density at radius 1 is 0.971 bits per heavy atom. The standard InChI is InChI=1S/C28H36N2O5/c1-5-18-35-22-14-12-20(13-15-22)25-24(26(31)21-10-9-11-23(19-21)34-8-4)27(32)28(33)30(25)17-16-29(6-2)7-3/h9-15,19,25,31H,5-8,16-18H2,1-4H3. The van der Waals surface area contributed by atoms with Gasteiger partial charge in [-0.15, -0.1) is 0 Å². The van der Waals surface area contributed by atoms with Crippen LogP contribution in [0.2, 0.25) is 0 Å². The SMILES string of the molecule is CCCOc1ccc(C2C(=C(O)c3cccc(OCC)c3)C(=O)C(=O)N2CCN(CC)CC)cc1. The van der Waals surface area contributed by atoms with Crippen molar-refractivity contribution in [2.45, 2.75) is 40.2 Å². The predicted octanol–water partition coefficient (Wildman–Crippen LogP) is 4.64. The smallest absolute Gasteiger partial charge is 0.295 e. The van der Waals surface area contributed by atoms with E-state index in [4.69, 9.17) is 9.47 Å². The number of rotatable bonds is 12. The molecule has 35 heavy (non-hydrogen) atoms. The molecule has 3 rings (SSSR count). The molecule has 0 aliphatic carbocycles. The molecule has 2 aromatic rings. The van der Waals surface area contributed by atoms with Gasteiger partial charge in [-0.3, -0.25) is 9.59 Å². The number of benzene rings is 2. The first-order chi connectivity index (χ1) is 16.9. The van der Waals surface area contributed by atoms with Crippen molar-refractivity contribution in [3.05, 3.63) is 65.2 Å². The Balaban J connectivity index is 2.06. The molecular formula is C28H36N2O5. The van der Waals surface area contributed by atoms with Crippen LogP contribution in [0.3, 0.4) is 0 Å². The molecule has 0 bridgehead atoms. The summed E-state index contributed by atoms with van der Waals surface area (Å²) in [5, 5.41) is 11.3. The summed E-state index contributed by atoms with van der Waals surface area (Å²) in [5.41, 5.74) is 1.27. The fourth-order valence-electron chi connectivity index (χ4n) is 4.27. The van der Waals surface area contributed by atoms with Gasteiger partial charge in [-0.1, -0.05) is 45.0 Å². The number of hydrogen-bond donors (Lipinski definition) is 1. The number of carbonyl (C=O) groups is 2. The molecule has 1 fully saturated rings. The maximum atomic E-state index is 13.2. The Hall–Kier alpha value is -3.32. The van der Waals surface area contributed by atoms with Crippen molar-refractivity contribution in [2.75, 3.05) is 39.4 Å². The number of likely N-dealkylation sites (tertiary alicyclic amines) is 1. The summed E-state index contributed by atoms with van der Waals surface area (Å²) in [5.74, 6) is -0.177. The van der Waals surface area contributed by atoms with E-state index in [1.807, 2.05) is 38.1 Å². The van der Waals surface area contributed by atoms with Crippen LogP contribution in [-0.2, 0) is 9.59 Å². The van der Waals surface area contributed by atoms with Crippen LogP contribution in [0.25, 0.3) is 5.76 Å². The third-order valence-corrected chi connectivity index (χ3v) is 6.18. The summed E-state index contributed by atoms with van der Waals surface area (Å²) >= 11 is 0. The molecule has 1 N–H and O–H groups in total. The van der Waals surface area contributed by atoms with E-state index in [9.17, 15) is 14.7 Å².